The van der Waals surface area contributed by atoms with Crippen molar-refractivity contribution in [2.45, 2.75) is 18.9 Å². The molecule has 0 radical (unpaired) electrons. The van der Waals surface area contributed by atoms with Crippen LogP contribution in [0.15, 0.2) is 36.7 Å². The summed E-state index contributed by atoms with van der Waals surface area (Å²) >= 11 is 5.61. The fourth-order valence-corrected chi connectivity index (χ4v) is 2.47. The van der Waals surface area contributed by atoms with Gasteiger partial charge in [0.15, 0.2) is 17.4 Å². The van der Waals surface area contributed by atoms with Crippen molar-refractivity contribution in [3.8, 4) is 17.3 Å². The highest BCUT2D eigenvalue weighted by Gasteiger charge is 2.15. The Bertz CT molecular complexity index is 1010. The zero-order valence-corrected chi connectivity index (χ0v) is 14.8. The second kappa shape index (κ2) is 8.28. The molecule has 146 valence electrons. The van der Waals surface area contributed by atoms with Gasteiger partial charge in [-0.3, -0.25) is 4.79 Å². The van der Waals surface area contributed by atoms with E-state index < -0.39 is 36.0 Å². The lowest BCUT2D eigenvalue weighted by Gasteiger charge is -2.08. The van der Waals surface area contributed by atoms with E-state index in [1.54, 1.807) is 0 Å². The van der Waals surface area contributed by atoms with E-state index in [4.69, 9.17) is 21.4 Å². The van der Waals surface area contributed by atoms with Crippen LogP contribution in [0.5, 0.6) is 11.6 Å². The van der Waals surface area contributed by atoms with Gasteiger partial charge in [0.05, 0.1) is 35.1 Å². The minimum Gasteiger partial charge on any atom is -0.481 e. The molecule has 1 aromatic carbocycles. The summed E-state index contributed by atoms with van der Waals surface area (Å²) in [5.41, 5.74) is 0.628. The van der Waals surface area contributed by atoms with E-state index in [1.807, 2.05) is 0 Å². The molecular formula is C17H13ClF2N4O4. The largest absolute Gasteiger partial charge is 0.481 e. The predicted molar refractivity (Wildman–Crippen MR) is 92.6 cm³/mol. The van der Waals surface area contributed by atoms with Crippen LogP contribution in [0.3, 0.4) is 0 Å². The van der Waals surface area contributed by atoms with Crippen molar-refractivity contribution < 1.29 is 28.5 Å². The van der Waals surface area contributed by atoms with Gasteiger partial charge in [0.2, 0.25) is 0 Å². The van der Waals surface area contributed by atoms with Crippen LogP contribution in [0, 0.1) is 11.6 Å². The number of benzene rings is 1. The van der Waals surface area contributed by atoms with E-state index in [0.29, 0.717) is 11.4 Å². The molecule has 1 unspecified atom stereocenters. The number of aromatic nitrogens is 4. The number of ether oxygens (including phenoxy) is 1. The number of aliphatic carboxylic acids is 1. The summed E-state index contributed by atoms with van der Waals surface area (Å²) < 4.78 is 34.4. The van der Waals surface area contributed by atoms with Gasteiger partial charge in [-0.05, 0) is 18.2 Å². The van der Waals surface area contributed by atoms with Crippen molar-refractivity contribution >= 4 is 17.6 Å². The number of rotatable bonds is 7. The van der Waals surface area contributed by atoms with Crippen LogP contribution in [0.25, 0.3) is 5.69 Å². The highest BCUT2D eigenvalue weighted by atomic mass is 35.5. The lowest BCUT2D eigenvalue weighted by atomic mass is 10.1. The normalized spacial score (nSPS) is 12.0. The fraction of sp³-hybridized carbons (Fsp3) is 0.176. The van der Waals surface area contributed by atoms with Gasteiger partial charge in [-0.2, -0.15) is 0 Å². The second-order valence-corrected chi connectivity index (χ2v) is 6.20. The van der Waals surface area contributed by atoms with Crippen LogP contribution in [0.2, 0.25) is 5.02 Å². The van der Waals surface area contributed by atoms with Crippen molar-refractivity contribution in [2.75, 3.05) is 0 Å². The number of carboxylic acid groups (broad SMARTS) is 1. The second-order valence-electron chi connectivity index (χ2n) is 5.77. The van der Waals surface area contributed by atoms with Crippen LogP contribution in [0.4, 0.5) is 8.78 Å². The molecule has 2 N–H and O–H groups in total. The molecule has 3 aromatic rings. The quantitative estimate of drug-likeness (QED) is 0.616. The Hall–Kier alpha value is -3.11. The first kappa shape index (κ1) is 19.6. The molecule has 0 saturated heterocycles. The zero-order chi connectivity index (χ0) is 20.3. The van der Waals surface area contributed by atoms with Gasteiger partial charge in [0.1, 0.15) is 0 Å². The summed E-state index contributed by atoms with van der Waals surface area (Å²) in [6, 6.07) is 4.81. The summed E-state index contributed by atoms with van der Waals surface area (Å²) in [4.78, 5) is 14.2. The van der Waals surface area contributed by atoms with Gasteiger partial charge in [0.25, 0.3) is 5.88 Å². The van der Waals surface area contributed by atoms with Crippen LogP contribution < -0.4 is 4.74 Å². The predicted octanol–water partition coefficient (Wildman–Crippen LogP) is 2.76. The number of halogens is 3. The summed E-state index contributed by atoms with van der Waals surface area (Å²) in [7, 11) is 0. The highest BCUT2D eigenvalue weighted by molar-refractivity contribution is 6.30. The number of aliphatic hydroxyl groups is 1. The third-order valence-electron chi connectivity index (χ3n) is 3.56. The van der Waals surface area contributed by atoms with Crippen molar-refractivity contribution in [3.05, 3.63) is 59.0 Å². The Morgan fingerprint density at radius 2 is 2.07 bits per heavy atom. The maximum Gasteiger partial charge on any atom is 0.305 e. The number of carboxylic acids is 1. The topological polar surface area (TPSA) is 110 Å². The molecule has 2 aromatic heterocycles. The van der Waals surface area contributed by atoms with E-state index in [-0.39, 0.29) is 17.2 Å². The highest BCUT2D eigenvalue weighted by Crippen LogP contribution is 2.27. The Morgan fingerprint density at radius 3 is 2.75 bits per heavy atom. The molecule has 0 aliphatic heterocycles. The summed E-state index contributed by atoms with van der Waals surface area (Å²) in [5, 5.41) is 26.0. The molecule has 11 heteroatoms. The minimum atomic E-state index is -1.14. The molecule has 8 nitrogen and oxygen atoms in total. The molecule has 3 rings (SSSR count). The molecule has 1 atom stereocenters. The molecule has 0 aliphatic rings. The monoisotopic (exact) mass is 410 g/mol. The third-order valence-corrected chi connectivity index (χ3v) is 3.76. The SMILES string of the molecule is O=C(O)CC(O)Cc1cn(-c2ccc(Oc3ncc(Cl)cc3F)c(F)c2)nn1. The van der Waals surface area contributed by atoms with Crippen LogP contribution in [0.1, 0.15) is 12.1 Å². The van der Waals surface area contributed by atoms with E-state index in [1.165, 1.54) is 29.2 Å². The van der Waals surface area contributed by atoms with E-state index in [0.717, 1.165) is 12.1 Å². The van der Waals surface area contributed by atoms with Gasteiger partial charge in [-0.25, -0.2) is 18.4 Å². The van der Waals surface area contributed by atoms with Crippen molar-refractivity contribution in [3.63, 3.8) is 0 Å². The van der Waals surface area contributed by atoms with Gasteiger partial charge in [0, 0.05) is 18.7 Å². The number of hydrogen-bond donors (Lipinski definition) is 2. The molecule has 0 bridgehead atoms. The standard InChI is InChI=1S/C17H13ClF2N4O4/c18-9-3-14(20)17(21-7-9)28-15-2-1-11(5-13(15)19)24-8-10(22-23-24)4-12(25)6-16(26)27/h1-3,5,7-8,12,25H,4,6H2,(H,26,27). The van der Waals surface area contributed by atoms with Crippen LogP contribution >= 0.6 is 11.6 Å². The van der Waals surface area contributed by atoms with Crippen LogP contribution in [-0.2, 0) is 11.2 Å². The van der Waals surface area contributed by atoms with E-state index >= 15 is 0 Å². The smallest absolute Gasteiger partial charge is 0.305 e. The Balaban J connectivity index is 1.74. The molecule has 0 aliphatic carbocycles. The Labute approximate surface area is 162 Å². The van der Waals surface area contributed by atoms with Crippen molar-refractivity contribution in [1.29, 1.82) is 0 Å². The molecule has 0 fully saturated rings. The van der Waals surface area contributed by atoms with Gasteiger partial charge < -0.3 is 14.9 Å². The van der Waals surface area contributed by atoms with E-state index in [2.05, 4.69) is 15.3 Å². The molecule has 28 heavy (non-hydrogen) atoms. The molecule has 0 spiro atoms. The number of aliphatic hydroxyl groups excluding tert-OH is 1. The van der Waals surface area contributed by atoms with E-state index in [9.17, 15) is 18.7 Å². The number of pyridine rings is 1. The van der Waals surface area contributed by atoms with Crippen molar-refractivity contribution in [2.24, 2.45) is 0 Å². The lowest BCUT2D eigenvalue weighted by molar-refractivity contribution is -0.139. The molecule has 0 saturated carbocycles. The summed E-state index contributed by atoms with van der Waals surface area (Å²) in [5.74, 6) is -3.45. The average Bonchev–Trinajstić information content (AvgIpc) is 3.06. The fourth-order valence-electron chi connectivity index (χ4n) is 2.33. The van der Waals surface area contributed by atoms with Crippen LogP contribution in [-0.4, -0.2) is 42.3 Å². The maximum absolute atomic E-state index is 14.3. The van der Waals surface area contributed by atoms with Gasteiger partial charge >= 0.3 is 5.97 Å². The Morgan fingerprint density at radius 1 is 1.29 bits per heavy atom. The first-order valence-electron chi connectivity index (χ1n) is 7.91. The third kappa shape index (κ3) is 4.78. The number of hydrogen-bond acceptors (Lipinski definition) is 6. The maximum atomic E-state index is 14.3. The number of carbonyl (C=O) groups is 1. The molecule has 2 heterocycles. The summed E-state index contributed by atoms with van der Waals surface area (Å²) in [6.45, 7) is 0. The Kier molecular flexibility index (Phi) is 5.81. The minimum absolute atomic E-state index is 0.0164. The summed E-state index contributed by atoms with van der Waals surface area (Å²) in [6.07, 6.45) is 1.04. The first-order chi connectivity index (χ1) is 13.3. The first-order valence-corrected chi connectivity index (χ1v) is 8.29. The average molecular weight is 411 g/mol. The van der Waals surface area contributed by atoms with Crippen molar-refractivity contribution in [1.82, 2.24) is 20.0 Å². The molecule has 0 amide bonds. The zero-order valence-electron chi connectivity index (χ0n) is 14.1. The lowest BCUT2D eigenvalue weighted by Crippen LogP contribution is -2.15. The number of nitrogens with zero attached hydrogens (tertiary/aromatic N) is 4. The van der Waals surface area contributed by atoms with Gasteiger partial charge in [-0.15, -0.1) is 5.10 Å². The van der Waals surface area contributed by atoms with Gasteiger partial charge in [-0.1, -0.05) is 16.8 Å². The molecular weight excluding hydrogens is 398 g/mol.